The van der Waals surface area contributed by atoms with E-state index >= 15 is 0 Å². The Labute approximate surface area is 166 Å². The van der Waals surface area contributed by atoms with Crippen molar-refractivity contribution in [2.45, 2.75) is 104 Å². The first-order chi connectivity index (χ1) is 13.2. The second-order valence-corrected chi connectivity index (χ2v) is 7.66. The van der Waals surface area contributed by atoms with Gasteiger partial charge in [-0.2, -0.15) is 0 Å². The van der Waals surface area contributed by atoms with Crippen LogP contribution in [0.25, 0.3) is 0 Å². The Balaban J connectivity index is 3.07. The molecule has 4 nitrogen and oxygen atoms in total. The van der Waals surface area contributed by atoms with Crippen molar-refractivity contribution in [3.8, 4) is 0 Å². The minimum absolute atomic E-state index is 0.142. The molecule has 1 aliphatic rings. The van der Waals surface area contributed by atoms with Gasteiger partial charge in [0, 0.05) is 5.57 Å². The van der Waals surface area contributed by atoms with E-state index in [9.17, 15) is 9.59 Å². The van der Waals surface area contributed by atoms with Crippen LogP contribution in [0, 0.1) is 5.92 Å². The quantitative estimate of drug-likeness (QED) is 0.219. The van der Waals surface area contributed by atoms with Crippen LogP contribution in [-0.2, 0) is 19.1 Å². The van der Waals surface area contributed by atoms with E-state index in [0.29, 0.717) is 30.8 Å². The molecule has 27 heavy (non-hydrogen) atoms. The van der Waals surface area contributed by atoms with Crippen LogP contribution >= 0.6 is 0 Å². The number of hydrogen-bond donors (Lipinski definition) is 0. The summed E-state index contributed by atoms with van der Waals surface area (Å²) < 4.78 is 11.1. The lowest BCUT2D eigenvalue weighted by molar-refractivity contribution is -0.143. The molecule has 0 N–H and O–H groups in total. The van der Waals surface area contributed by atoms with E-state index in [1.54, 1.807) is 0 Å². The van der Waals surface area contributed by atoms with E-state index in [1.807, 2.05) is 0 Å². The van der Waals surface area contributed by atoms with E-state index < -0.39 is 0 Å². The van der Waals surface area contributed by atoms with Gasteiger partial charge in [0.15, 0.2) is 0 Å². The molecule has 0 amide bonds. The normalized spacial score (nSPS) is 16.0. The van der Waals surface area contributed by atoms with Crippen LogP contribution in [0.1, 0.15) is 104 Å². The summed E-state index contributed by atoms with van der Waals surface area (Å²) in [5, 5.41) is 0. The van der Waals surface area contributed by atoms with Crippen molar-refractivity contribution in [2.24, 2.45) is 5.92 Å². The first-order valence-corrected chi connectivity index (χ1v) is 11.2. The molecule has 0 aromatic heterocycles. The van der Waals surface area contributed by atoms with Gasteiger partial charge in [-0.1, -0.05) is 65.7 Å². The molecule has 1 saturated carbocycles. The highest BCUT2D eigenvalue weighted by molar-refractivity contribution is 6.00. The summed E-state index contributed by atoms with van der Waals surface area (Å²) in [7, 11) is 0. The Hall–Kier alpha value is -1.32. The largest absolute Gasteiger partial charge is 0.462 e. The topological polar surface area (TPSA) is 52.6 Å². The van der Waals surface area contributed by atoms with Crippen molar-refractivity contribution >= 4 is 11.9 Å². The van der Waals surface area contributed by atoms with Gasteiger partial charge in [0.25, 0.3) is 0 Å². The van der Waals surface area contributed by atoms with Crippen LogP contribution in [0.15, 0.2) is 11.1 Å². The van der Waals surface area contributed by atoms with Gasteiger partial charge in [-0.15, -0.1) is 0 Å². The Kier molecular flexibility index (Phi) is 12.9. The third-order valence-corrected chi connectivity index (χ3v) is 5.30. The van der Waals surface area contributed by atoms with Crippen molar-refractivity contribution < 1.29 is 19.1 Å². The molecular weight excluding hydrogens is 340 g/mol. The zero-order chi connectivity index (χ0) is 19.9. The molecule has 0 radical (unpaired) electrons. The molecule has 0 heterocycles. The predicted molar refractivity (Wildman–Crippen MR) is 109 cm³/mol. The Morgan fingerprint density at radius 1 is 0.741 bits per heavy atom. The van der Waals surface area contributed by atoms with Crippen LogP contribution in [0.3, 0.4) is 0 Å². The Morgan fingerprint density at radius 2 is 1.30 bits per heavy atom. The van der Waals surface area contributed by atoms with Crippen molar-refractivity contribution in [1.29, 1.82) is 0 Å². The minimum atomic E-state index is -0.299. The first-order valence-electron chi connectivity index (χ1n) is 11.2. The summed E-state index contributed by atoms with van der Waals surface area (Å²) in [5.41, 5.74) is 1.22. The highest BCUT2D eigenvalue weighted by atomic mass is 16.5. The molecule has 0 bridgehead atoms. The van der Waals surface area contributed by atoms with Gasteiger partial charge in [0.05, 0.1) is 18.8 Å². The number of carbonyl (C=O) groups excluding carboxylic acids is 2. The lowest BCUT2D eigenvalue weighted by atomic mass is 9.80. The molecule has 1 aliphatic carbocycles. The second kappa shape index (κ2) is 14.7. The van der Waals surface area contributed by atoms with Gasteiger partial charge >= 0.3 is 11.9 Å². The van der Waals surface area contributed by atoms with E-state index in [2.05, 4.69) is 20.8 Å². The molecule has 0 aromatic carbocycles. The van der Waals surface area contributed by atoms with E-state index in [0.717, 1.165) is 70.6 Å². The van der Waals surface area contributed by atoms with Gasteiger partial charge in [0.2, 0.25) is 0 Å². The molecular formula is C23H40O4. The van der Waals surface area contributed by atoms with Crippen molar-refractivity contribution in [1.82, 2.24) is 0 Å². The third-order valence-electron chi connectivity index (χ3n) is 5.30. The molecule has 0 atom stereocenters. The Morgan fingerprint density at radius 3 is 1.85 bits per heavy atom. The number of rotatable bonds is 13. The summed E-state index contributed by atoms with van der Waals surface area (Å²) in [5.74, 6) is -0.440. The fraction of sp³-hybridized carbons (Fsp3) is 0.826. The molecule has 0 spiro atoms. The highest BCUT2D eigenvalue weighted by Crippen LogP contribution is 2.34. The molecule has 1 rings (SSSR count). The fourth-order valence-corrected chi connectivity index (χ4v) is 3.61. The maximum Gasteiger partial charge on any atom is 0.334 e. The average Bonchev–Trinajstić information content (AvgIpc) is 2.68. The highest BCUT2D eigenvalue weighted by Gasteiger charge is 2.30. The summed E-state index contributed by atoms with van der Waals surface area (Å²) >= 11 is 0. The summed E-state index contributed by atoms with van der Waals surface area (Å²) in [4.78, 5) is 25.8. The van der Waals surface area contributed by atoms with Gasteiger partial charge in [-0.3, -0.25) is 0 Å². The zero-order valence-corrected chi connectivity index (χ0v) is 17.8. The number of carbonyl (C=O) groups is 2. The second-order valence-electron chi connectivity index (χ2n) is 7.66. The summed E-state index contributed by atoms with van der Waals surface area (Å²) in [6.07, 6.45) is 12.7. The maximum atomic E-state index is 12.9. The van der Waals surface area contributed by atoms with Gasteiger partial charge in [0.1, 0.15) is 0 Å². The molecule has 0 saturated heterocycles. The number of hydrogen-bond acceptors (Lipinski definition) is 4. The van der Waals surface area contributed by atoms with Gasteiger partial charge < -0.3 is 9.47 Å². The van der Waals surface area contributed by atoms with Crippen LogP contribution in [0.5, 0.6) is 0 Å². The summed E-state index contributed by atoms with van der Waals surface area (Å²) in [6, 6.07) is 0. The maximum absolute atomic E-state index is 12.9. The van der Waals surface area contributed by atoms with Crippen LogP contribution in [0.2, 0.25) is 0 Å². The number of esters is 2. The fourth-order valence-electron chi connectivity index (χ4n) is 3.61. The van der Waals surface area contributed by atoms with Crippen molar-refractivity contribution in [3.63, 3.8) is 0 Å². The van der Waals surface area contributed by atoms with Crippen LogP contribution in [-0.4, -0.2) is 25.2 Å². The van der Waals surface area contributed by atoms with E-state index in [1.165, 1.54) is 6.42 Å². The molecule has 0 aromatic rings. The van der Waals surface area contributed by atoms with Crippen molar-refractivity contribution in [2.75, 3.05) is 13.2 Å². The van der Waals surface area contributed by atoms with Crippen molar-refractivity contribution in [3.05, 3.63) is 11.1 Å². The molecule has 4 heteroatoms. The monoisotopic (exact) mass is 380 g/mol. The average molecular weight is 381 g/mol. The van der Waals surface area contributed by atoms with E-state index in [-0.39, 0.29) is 17.9 Å². The lowest BCUT2D eigenvalue weighted by Gasteiger charge is -2.26. The molecule has 0 aliphatic heterocycles. The number of unbranched alkanes of at least 4 members (excludes halogenated alkanes) is 4. The SMILES string of the molecule is CCCCC/C(C(=O)OCCCC)=C(/C(=O)OCCCC)C1CCCCC1. The van der Waals surface area contributed by atoms with Crippen LogP contribution in [0.4, 0.5) is 0 Å². The molecule has 1 fully saturated rings. The van der Waals surface area contributed by atoms with Crippen LogP contribution < -0.4 is 0 Å². The zero-order valence-electron chi connectivity index (χ0n) is 17.8. The third kappa shape index (κ3) is 8.94. The lowest BCUT2D eigenvalue weighted by Crippen LogP contribution is -2.24. The van der Waals surface area contributed by atoms with E-state index in [4.69, 9.17) is 9.47 Å². The summed E-state index contributed by atoms with van der Waals surface area (Å²) in [6.45, 7) is 7.15. The van der Waals surface area contributed by atoms with Gasteiger partial charge in [-0.05, 0) is 44.4 Å². The Bertz CT molecular complexity index is 461. The number of ether oxygens (including phenoxy) is 2. The first kappa shape index (κ1) is 23.7. The molecule has 0 unspecified atom stereocenters. The predicted octanol–water partition coefficient (Wildman–Crippen LogP) is 6.13. The minimum Gasteiger partial charge on any atom is -0.462 e. The molecule has 156 valence electrons. The van der Waals surface area contributed by atoms with Gasteiger partial charge in [-0.25, -0.2) is 9.59 Å². The standard InChI is InChI=1S/C23H40O4/c1-4-7-11-16-20(22(24)26-17-8-5-2)21(19-14-12-10-13-15-19)23(25)27-18-9-6-3/h19H,4-18H2,1-3H3/b21-20-. The smallest absolute Gasteiger partial charge is 0.334 e.